The van der Waals surface area contributed by atoms with E-state index < -0.39 is 0 Å². The van der Waals surface area contributed by atoms with Crippen LogP contribution >= 0.6 is 11.8 Å². The summed E-state index contributed by atoms with van der Waals surface area (Å²) in [5.74, 6) is 1.13. The topological polar surface area (TPSA) is 59.8 Å². The van der Waals surface area contributed by atoms with Crippen molar-refractivity contribution in [3.8, 4) is 11.4 Å². The van der Waals surface area contributed by atoms with E-state index in [0.717, 1.165) is 23.0 Å². The van der Waals surface area contributed by atoms with Gasteiger partial charge in [0.25, 0.3) is 0 Å². The molecule has 122 valence electrons. The Labute approximate surface area is 141 Å². The summed E-state index contributed by atoms with van der Waals surface area (Å²) in [5.41, 5.74) is 0.998. The number of amides is 1. The first-order chi connectivity index (χ1) is 11.2. The first-order valence-corrected chi connectivity index (χ1v) is 8.66. The van der Waals surface area contributed by atoms with Gasteiger partial charge in [-0.25, -0.2) is 0 Å². The summed E-state index contributed by atoms with van der Waals surface area (Å²) in [6.07, 6.45) is 2.72. The molecule has 1 aromatic carbocycles. The zero-order valence-corrected chi connectivity index (χ0v) is 14.3. The van der Waals surface area contributed by atoms with Gasteiger partial charge in [0.05, 0.1) is 5.75 Å². The summed E-state index contributed by atoms with van der Waals surface area (Å²) >= 11 is 1.39. The molecule has 0 bridgehead atoms. The van der Waals surface area contributed by atoms with Crippen LogP contribution in [0.4, 0.5) is 0 Å². The molecule has 23 heavy (non-hydrogen) atoms. The lowest BCUT2D eigenvalue weighted by Gasteiger charge is -2.11. The summed E-state index contributed by atoms with van der Waals surface area (Å²) in [6.45, 7) is 8.44. The summed E-state index contributed by atoms with van der Waals surface area (Å²) in [6, 6.07) is 10.1. The number of nitrogens with zero attached hydrogens (tertiary/aromatic N) is 3. The van der Waals surface area contributed by atoms with Gasteiger partial charge in [0.15, 0.2) is 11.0 Å². The number of carbonyl (C=O) groups is 1. The Balaban J connectivity index is 2.12. The van der Waals surface area contributed by atoms with Crippen molar-refractivity contribution in [2.45, 2.75) is 38.0 Å². The van der Waals surface area contributed by atoms with Crippen molar-refractivity contribution in [2.75, 3.05) is 5.75 Å². The van der Waals surface area contributed by atoms with Gasteiger partial charge in [-0.1, -0.05) is 55.1 Å². The molecule has 0 aliphatic carbocycles. The normalized spacial score (nSPS) is 11.9. The molecule has 1 heterocycles. The van der Waals surface area contributed by atoms with Crippen molar-refractivity contribution >= 4 is 17.7 Å². The summed E-state index contributed by atoms with van der Waals surface area (Å²) in [4.78, 5) is 11.9. The van der Waals surface area contributed by atoms with Crippen LogP contribution in [0.15, 0.2) is 48.1 Å². The van der Waals surface area contributed by atoms with Crippen LogP contribution in [0.3, 0.4) is 0 Å². The molecule has 0 aliphatic rings. The van der Waals surface area contributed by atoms with Gasteiger partial charge in [-0.15, -0.1) is 16.8 Å². The van der Waals surface area contributed by atoms with E-state index in [1.807, 2.05) is 48.7 Å². The predicted octanol–water partition coefficient (Wildman–Crippen LogP) is 3.14. The van der Waals surface area contributed by atoms with Gasteiger partial charge in [0, 0.05) is 18.2 Å². The van der Waals surface area contributed by atoms with E-state index >= 15 is 0 Å². The van der Waals surface area contributed by atoms with Gasteiger partial charge in [-0.3, -0.25) is 9.36 Å². The molecule has 0 spiro atoms. The molecule has 0 fully saturated rings. The molecule has 1 amide bonds. The Hall–Kier alpha value is -2.08. The van der Waals surface area contributed by atoms with E-state index in [0.29, 0.717) is 12.3 Å². The van der Waals surface area contributed by atoms with Crippen LogP contribution in [-0.2, 0) is 11.3 Å². The summed E-state index contributed by atoms with van der Waals surface area (Å²) in [7, 11) is 0. The summed E-state index contributed by atoms with van der Waals surface area (Å²) < 4.78 is 1.98. The van der Waals surface area contributed by atoms with Crippen molar-refractivity contribution in [2.24, 2.45) is 0 Å². The van der Waals surface area contributed by atoms with Gasteiger partial charge < -0.3 is 5.32 Å². The minimum atomic E-state index is 0.0127. The minimum Gasteiger partial charge on any atom is -0.353 e. The Bertz CT molecular complexity index is 654. The van der Waals surface area contributed by atoms with Gasteiger partial charge >= 0.3 is 0 Å². The zero-order chi connectivity index (χ0) is 16.7. The van der Waals surface area contributed by atoms with E-state index in [1.54, 1.807) is 6.08 Å². The maximum atomic E-state index is 11.9. The van der Waals surface area contributed by atoms with Crippen LogP contribution < -0.4 is 5.32 Å². The first kappa shape index (κ1) is 17.3. The van der Waals surface area contributed by atoms with E-state index in [2.05, 4.69) is 22.1 Å². The van der Waals surface area contributed by atoms with Crippen LogP contribution in [0.1, 0.15) is 20.3 Å². The molecule has 1 atom stereocenters. The third-order valence-electron chi connectivity index (χ3n) is 3.41. The fraction of sp³-hybridized carbons (Fsp3) is 0.353. The molecule has 1 unspecified atom stereocenters. The lowest BCUT2D eigenvalue weighted by atomic mass is 10.2. The highest BCUT2D eigenvalue weighted by Gasteiger charge is 2.15. The van der Waals surface area contributed by atoms with E-state index in [1.165, 1.54) is 11.8 Å². The first-order valence-electron chi connectivity index (χ1n) is 7.67. The molecule has 2 rings (SSSR count). The Morgan fingerprint density at radius 1 is 1.39 bits per heavy atom. The third-order valence-corrected chi connectivity index (χ3v) is 4.38. The minimum absolute atomic E-state index is 0.0127. The highest BCUT2D eigenvalue weighted by Crippen LogP contribution is 2.23. The number of benzene rings is 1. The quantitative estimate of drug-likeness (QED) is 0.597. The van der Waals surface area contributed by atoms with Gasteiger partial charge in [0.2, 0.25) is 5.91 Å². The zero-order valence-electron chi connectivity index (χ0n) is 13.5. The van der Waals surface area contributed by atoms with Crippen LogP contribution in [0.25, 0.3) is 11.4 Å². The van der Waals surface area contributed by atoms with Gasteiger partial charge in [-0.2, -0.15) is 0 Å². The van der Waals surface area contributed by atoms with Crippen molar-refractivity contribution in [3.63, 3.8) is 0 Å². The molecule has 1 N–H and O–H groups in total. The molecular weight excluding hydrogens is 308 g/mol. The van der Waals surface area contributed by atoms with E-state index in [4.69, 9.17) is 0 Å². The van der Waals surface area contributed by atoms with Crippen molar-refractivity contribution in [3.05, 3.63) is 43.0 Å². The molecule has 0 radical (unpaired) electrons. The smallest absolute Gasteiger partial charge is 0.230 e. The lowest BCUT2D eigenvalue weighted by molar-refractivity contribution is -0.119. The molecule has 0 saturated carbocycles. The van der Waals surface area contributed by atoms with Crippen LogP contribution in [0, 0.1) is 0 Å². The van der Waals surface area contributed by atoms with Crippen molar-refractivity contribution in [1.82, 2.24) is 20.1 Å². The second-order valence-corrected chi connectivity index (χ2v) is 6.18. The number of allylic oxidation sites excluding steroid dienone is 1. The largest absolute Gasteiger partial charge is 0.353 e. The van der Waals surface area contributed by atoms with Gasteiger partial charge in [-0.05, 0) is 13.3 Å². The molecule has 0 aliphatic heterocycles. The highest BCUT2D eigenvalue weighted by molar-refractivity contribution is 7.99. The van der Waals surface area contributed by atoms with E-state index in [-0.39, 0.29) is 11.9 Å². The molecular formula is C17H22N4OS. The molecule has 1 aromatic heterocycles. The monoisotopic (exact) mass is 330 g/mol. The van der Waals surface area contributed by atoms with Gasteiger partial charge in [0.1, 0.15) is 0 Å². The fourth-order valence-corrected chi connectivity index (χ4v) is 2.80. The SMILES string of the molecule is C=CCn1c(SCC(=O)NC(C)CC)nnc1-c1ccccc1. The van der Waals surface area contributed by atoms with Crippen LogP contribution in [0.2, 0.25) is 0 Å². The Morgan fingerprint density at radius 3 is 2.78 bits per heavy atom. The second-order valence-electron chi connectivity index (χ2n) is 5.24. The number of hydrogen-bond acceptors (Lipinski definition) is 4. The Morgan fingerprint density at radius 2 is 2.13 bits per heavy atom. The Kier molecular flexibility index (Phi) is 6.40. The number of thioether (sulfide) groups is 1. The standard InChI is InChI=1S/C17H22N4OS/c1-4-11-21-16(14-9-7-6-8-10-14)19-20-17(21)23-12-15(22)18-13(3)5-2/h4,6-10,13H,1,5,11-12H2,2-3H3,(H,18,22). The van der Waals surface area contributed by atoms with Crippen molar-refractivity contribution < 1.29 is 4.79 Å². The number of carbonyl (C=O) groups excluding carboxylic acids is 1. The fourth-order valence-electron chi connectivity index (χ4n) is 2.04. The lowest BCUT2D eigenvalue weighted by Crippen LogP contribution is -2.33. The molecule has 0 saturated heterocycles. The van der Waals surface area contributed by atoms with Crippen LogP contribution in [0.5, 0.6) is 0 Å². The third kappa shape index (κ3) is 4.69. The average molecular weight is 330 g/mol. The van der Waals surface area contributed by atoms with Crippen molar-refractivity contribution in [1.29, 1.82) is 0 Å². The predicted molar refractivity (Wildman–Crippen MR) is 94.3 cm³/mol. The molecule has 5 nitrogen and oxygen atoms in total. The van der Waals surface area contributed by atoms with Crippen LogP contribution in [-0.4, -0.2) is 32.5 Å². The number of aromatic nitrogens is 3. The number of rotatable bonds is 8. The summed E-state index contributed by atoms with van der Waals surface area (Å²) in [5, 5.41) is 12.2. The second kappa shape index (κ2) is 8.53. The average Bonchev–Trinajstić information content (AvgIpc) is 2.97. The van der Waals surface area contributed by atoms with E-state index in [9.17, 15) is 4.79 Å². The molecule has 6 heteroatoms. The maximum absolute atomic E-state index is 11.9. The number of hydrogen-bond donors (Lipinski definition) is 1. The highest BCUT2D eigenvalue weighted by atomic mass is 32.2. The molecule has 2 aromatic rings. The maximum Gasteiger partial charge on any atom is 0.230 e. The number of nitrogens with one attached hydrogen (secondary N) is 1.